The summed E-state index contributed by atoms with van der Waals surface area (Å²) in [6, 6.07) is 6.95. The summed E-state index contributed by atoms with van der Waals surface area (Å²) < 4.78 is 5.05. The zero-order valence-electron chi connectivity index (χ0n) is 8.75. The Morgan fingerprint density at radius 3 is 2.88 bits per heavy atom. The number of hydrogen-bond acceptors (Lipinski definition) is 4. The van der Waals surface area contributed by atoms with E-state index >= 15 is 0 Å². The molecule has 1 heterocycles. The van der Waals surface area contributed by atoms with E-state index in [1.165, 1.54) is 18.6 Å². The predicted octanol–water partition coefficient (Wildman–Crippen LogP) is 1.72. The average Bonchev–Trinajstić information content (AvgIpc) is 2.39. The van der Waals surface area contributed by atoms with Crippen molar-refractivity contribution < 1.29 is 9.53 Å². The van der Waals surface area contributed by atoms with Crippen molar-refractivity contribution in [1.29, 1.82) is 0 Å². The Labute approximate surface area is 92.9 Å². The first-order chi connectivity index (χ1) is 7.81. The first-order valence-electron chi connectivity index (χ1n) is 4.76. The number of hydrogen-bond donors (Lipinski definition) is 0. The molecular formula is C12H10N2O2. The van der Waals surface area contributed by atoms with Crippen LogP contribution in [0.2, 0.25) is 0 Å². The Hall–Kier alpha value is -2.23. The lowest BCUT2D eigenvalue weighted by molar-refractivity contribution is 0.103. The molecule has 1 aromatic heterocycles. The van der Waals surface area contributed by atoms with Crippen LogP contribution in [0.4, 0.5) is 0 Å². The van der Waals surface area contributed by atoms with Gasteiger partial charge in [-0.3, -0.25) is 9.78 Å². The maximum Gasteiger partial charge on any atom is 0.213 e. The SMILES string of the molecule is COc1cccc(C(=O)c2cnccn2)c1. The summed E-state index contributed by atoms with van der Waals surface area (Å²) in [6.07, 6.45) is 4.47. The van der Waals surface area contributed by atoms with E-state index in [1.807, 2.05) is 0 Å². The standard InChI is InChI=1S/C12H10N2O2/c1-16-10-4-2-3-9(7-10)12(15)11-8-13-5-6-14-11/h2-8H,1H3. The van der Waals surface area contributed by atoms with E-state index < -0.39 is 0 Å². The normalized spacial score (nSPS) is 9.81. The van der Waals surface area contributed by atoms with Gasteiger partial charge in [0, 0.05) is 18.0 Å². The number of benzene rings is 1. The van der Waals surface area contributed by atoms with Crippen LogP contribution in [0, 0.1) is 0 Å². The Balaban J connectivity index is 2.34. The van der Waals surface area contributed by atoms with Crippen LogP contribution in [0.15, 0.2) is 42.9 Å². The molecule has 0 aliphatic heterocycles. The summed E-state index contributed by atoms with van der Waals surface area (Å²) in [5, 5.41) is 0. The van der Waals surface area contributed by atoms with Crippen LogP contribution in [-0.4, -0.2) is 22.9 Å². The van der Waals surface area contributed by atoms with E-state index in [2.05, 4.69) is 9.97 Å². The van der Waals surface area contributed by atoms with Crippen molar-refractivity contribution in [3.8, 4) is 5.75 Å². The van der Waals surface area contributed by atoms with Crippen LogP contribution < -0.4 is 4.74 Å². The van der Waals surface area contributed by atoms with Gasteiger partial charge in [0.05, 0.1) is 13.3 Å². The molecule has 4 heteroatoms. The maximum atomic E-state index is 12.0. The van der Waals surface area contributed by atoms with Crippen molar-refractivity contribution in [2.24, 2.45) is 0 Å². The predicted molar refractivity (Wildman–Crippen MR) is 58.5 cm³/mol. The smallest absolute Gasteiger partial charge is 0.213 e. The zero-order chi connectivity index (χ0) is 11.4. The molecule has 0 bridgehead atoms. The molecule has 0 unspecified atom stereocenters. The second-order valence-corrected chi connectivity index (χ2v) is 3.15. The molecule has 1 aromatic carbocycles. The largest absolute Gasteiger partial charge is 0.497 e. The highest BCUT2D eigenvalue weighted by atomic mass is 16.5. The monoisotopic (exact) mass is 214 g/mol. The van der Waals surface area contributed by atoms with E-state index in [1.54, 1.807) is 31.4 Å². The van der Waals surface area contributed by atoms with E-state index in [0.29, 0.717) is 17.0 Å². The quantitative estimate of drug-likeness (QED) is 0.730. The second kappa shape index (κ2) is 4.53. The summed E-state index contributed by atoms with van der Waals surface area (Å²) in [7, 11) is 1.56. The third-order valence-corrected chi connectivity index (χ3v) is 2.13. The lowest BCUT2D eigenvalue weighted by atomic mass is 10.1. The number of ketones is 1. The van der Waals surface area contributed by atoms with Crippen LogP contribution >= 0.6 is 0 Å². The van der Waals surface area contributed by atoms with Crippen LogP contribution in [0.1, 0.15) is 16.1 Å². The van der Waals surface area contributed by atoms with Gasteiger partial charge in [-0.05, 0) is 12.1 Å². The number of nitrogens with zero attached hydrogens (tertiary/aromatic N) is 2. The molecule has 0 atom stereocenters. The average molecular weight is 214 g/mol. The molecule has 0 radical (unpaired) electrons. The van der Waals surface area contributed by atoms with Crippen LogP contribution in [-0.2, 0) is 0 Å². The van der Waals surface area contributed by atoms with Crippen molar-refractivity contribution in [3.05, 3.63) is 54.1 Å². The second-order valence-electron chi connectivity index (χ2n) is 3.15. The molecule has 16 heavy (non-hydrogen) atoms. The fourth-order valence-electron chi connectivity index (χ4n) is 1.33. The summed E-state index contributed by atoms with van der Waals surface area (Å²) >= 11 is 0. The van der Waals surface area contributed by atoms with Gasteiger partial charge in [0.2, 0.25) is 5.78 Å². The van der Waals surface area contributed by atoms with Crippen LogP contribution in [0.5, 0.6) is 5.75 Å². The molecule has 4 nitrogen and oxygen atoms in total. The van der Waals surface area contributed by atoms with Crippen LogP contribution in [0.25, 0.3) is 0 Å². The van der Waals surface area contributed by atoms with Gasteiger partial charge in [-0.15, -0.1) is 0 Å². The molecule has 2 aromatic rings. The Bertz CT molecular complexity index is 497. The fourth-order valence-corrected chi connectivity index (χ4v) is 1.33. The van der Waals surface area contributed by atoms with Gasteiger partial charge in [-0.2, -0.15) is 0 Å². The molecule has 80 valence electrons. The molecule has 0 N–H and O–H groups in total. The van der Waals surface area contributed by atoms with Gasteiger partial charge in [0.25, 0.3) is 0 Å². The van der Waals surface area contributed by atoms with Crippen molar-refractivity contribution in [1.82, 2.24) is 9.97 Å². The van der Waals surface area contributed by atoms with Gasteiger partial charge in [-0.1, -0.05) is 12.1 Å². The molecule has 0 saturated carbocycles. The Kier molecular flexibility index (Phi) is 2.91. The van der Waals surface area contributed by atoms with Gasteiger partial charge in [-0.25, -0.2) is 4.98 Å². The summed E-state index contributed by atoms with van der Waals surface area (Å²) in [6.45, 7) is 0. The molecule has 0 fully saturated rings. The van der Waals surface area contributed by atoms with Gasteiger partial charge in [0.1, 0.15) is 11.4 Å². The maximum absolute atomic E-state index is 12.0. The zero-order valence-corrected chi connectivity index (χ0v) is 8.75. The molecule has 0 amide bonds. The number of methoxy groups -OCH3 is 1. The lowest BCUT2D eigenvalue weighted by Crippen LogP contribution is -2.04. The number of ether oxygens (including phenoxy) is 1. The molecule has 0 saturated heterocycles. The summed E-state index contributed by atoms with van der Waals surface area (Å²) in [5.74, 6) is 0.488. The summed E-state index contributed by atoms with van der Waals surface area (Å²) in [4.78, 5) is 19.8. The van der Waals surface area contributed by atoms with E-state index in [4.69, 9.17) is 4.74 Å². The number of aromatic nitrogens is 2. The number of carbonyl (C=O) groups is 1. The third kappa shape index (κ3) is 2.06. The topological polar surface area (TPSA) is 52.1 Å². The highest BCUT2D eigenvalue weighted by Gasteiger charge is 2.10. The van der Waals surface area contributed by atoms with Crippen LogP contribution in [0.3, 0.4) is 0 Å². The van der Waals surface area contributed by atoms with Gasteiger partial charge in [0.15, 0.2) is 0 Å². The minimum Gasteiger partial charge on any atom is -0.497 e. The number of carbonyl (C=O) groups excluding carboxylic acids is 1. The molecule has 0 spiro atoms. The first-order valence-corrected chi connectivity index (χ1v) is 4.76. The minimum absolute atomic E-state index is 0.160. The van der Waals surface area contributed by atoms with E-state index in [0.717, 1.165) is 0 Å². The van der Waals surface area contributed by atoms with Crippen molar-refractivity contribution >= 4 is 5.78 Å². The Morgan fingerprint density at radius 1 is 1.31 bits per heavy atom. The highest BCUT2D eigenvalue weighted by Crippen LogP contribution is 2.14. The molecule has 0 aliphatic rings. The van der Waals surface area contributed by atoms with Gasteiger partial charge >= 0.3 is 0 Å². The Morgan fingerprint density at radius 2 is 2.19 bits per heavy atom. The first kappa shape index (κ1) is 10.3. The van der Waals surface area contributed by atoms with Crippen molar-refractivity contribution in [2.75, 3.05) is 7.11 Å². The third-order valence-electron chi connectivity index (χ3n) is 2.13. The summed E-state index contributed by atoms with van der Waals surface area (Å²) in [5.41, 5.74) is 0.871. The van der Waals surface area contributed by atoms with Gasteiger partial charge < -0.3 is 4.74 Å². The van der Waals surface area contributed by atoms with Crippen molar-refractivity contribution in [2.45, 2.75) is 0 Å². The fraction of sp³-hybridized carbons (Fsp3) is 0.0833. The molecular weight excluding hydrogens is 204 g/mol. The minimum atomic E-state index is -0.160. The van der Waals surface area contributed by atoms with Crippen molar-refractivity contribution in [3.63, 3.8) is 0 Å². The van der Waals surface area contributed by atoms with E-state index in [-0.39, 0.29) is 5.78 Å². The lowest BCUT2D eigenvalue weighted by Gasteiger charge is -2.02. The number of rotatable bonds is 3. The van der Waals surface area contributed by atoms with E-state index in [9.17, 15) is 4.79 Å². The molecule has 0 aliphatic carbocycles. The highest BCUT2D eigenvalue weighted by molar-refractivity contribution is 6.07. The molecule has 2 rings (SSSR count).